The van der Waals surface area contributed by atoms with Gasteiger partial charge in [0.25, 0.3) is 0 Å². The molecule has 6 heteroatoms. The summed E-state index contributed by atoms with van der Waals surface area (Å²) in [7, 11) is 0. The lowest BCUT2D eigenvalue weighted by molar-refractivity contribution is 0.240. The van der Waals surface area contributed by atoms with Crippen LogP contribution in [-0.2, 0) is 19.5 Å². The highest BCUT2D eigenvalue weighted by atomic mass is 35.5. The fourth-order valence-electron chi connectivity index (χ4n) is 3.10. The van der Waals surface area contributed by atoms with Crippen molar-refractivity contribution in [3.63, 3.8) is 0 Å². The molecule has 1 aliphatic rings. The lowest BCUT2D eigenvalue weighted by atomic mass is 10.1. The molecule has 0 unspecified atom stereocenters. The zero-order valence-corrected chi connectivity index (χ0v) is 14.4. The van der Waals surface area contributed by atoms with E-state index in [1.165, 1.54) is 0 Å². The topological polar surface area (TPSA) is 67.9 Å². The van der Waals surface area contributed by atoms with Gasteiger partial charge in [-0.05, 0) is 24.3 Å². The van der Waals surface area contributed by atoms with Gasteiger partial charge < -0.3 is 5.73 Å². The summed E-state index contributed by atoms with van der Waals surface area (Å²) in [6.07, 6.45) is 2.72. The molecule has 3 aromatic rings. The Balaban J connectivity index is 1.51. The monoisotopic (exact) mass is 351 g/mol. The maximum atomic E-state index is 5.97. The van der Waals surface area contributed by atoms with Crippen LogP contribution in [-0.4, -0.2) is 26.4 Å². The van der Waals surface area contributed by atoms with Crippen LogP contribution in [0.15, 0.2) is 48.7 Å². The maximum absolute atomic E-state index is 5.97. The molecule has 0 spiro atoms. The summed E-state index contributed by atoms with van der Waals surface area (Å²) in [6, 6.07) is 13.9. The van der Waals surface area contributed by atoms with Crippen LogP contribution in [0.2, 0.25) is 5.02 Å². The number of hydrogen-bond acceptors (Lipinski definition) is 5. The van der Waals surface area contributed by atoms with Crippen LogP contribution in [0.1, 0.15) is 17.0 Å². The second-order valence-electron chi connectivity index (χ2n) is 6.18. The SMILES string of the molecule is Nc1ncc2c(n1)CCN(Cc1cccc(-c3ccc(Cl)cc3)n1)C2. The van der Waals surface area contributed by atoms with Crippen molar-refractivity contribution in [3.05, 3.63) is 70.6 Å². The highest BCUT2D eigenvalue weighted by molar-refractivity contribution is 6.30. The van der Waals surface area contributed by atoms with Crippen molar-refractivity contribution in [2.75, 3.05) is 12.3 Å². The molecule has 0 aliphatic carbocycles. The van der Waals surface area contributed by atoms with E-state index in [4.69, 9.17) is 22.3 Å². The van der Waals surface area contributed by atoms with Gasteiger partial charge >= 0.3 is 0 Å². The molecule has 126 valence electrons. The van der Waals surface area contributed by atoms with Gasteiger partial charge in [0.05, 0.1) is 17.1 Å². The number of rotatable bonds is 3. The Morgan fingerprint density at radius 1 is 1.08 bits per heavy atom. The third kappa shape index (κ3) is 3.62. The molecule has 0 bridgehead atoms. The van der Waals surface area contributed by atoms with Crippen LogP contribution in [0.5, 0.6) is 0 Å². The lowest BCUT2D eigenvalue weighted by Gasteiger charge is -2.27. The molecule has 0 atom stereocenters. The standard InChI is InChI=1S/C19H18ClN5/c20-15-6-4-13(5-7-15)17-3-1-2-16(23-17)12-25-9-8-18-14(11-25)10-22-19(21)24-18/h1-7,10H,8-9,11-12H2,(H2,21,22,24). The summed E-state index contributed by atoms with van der Waals surface area (Å²) in [5.74, 6) is 0.351. The van der Waals surface area contributed by atoms with Gasteiger partial charge in [0.1, 0.15) is 0 Å². The second-order valence-corrected chi connectivity index (χ2v) is 6.62. The second kappa shape index (κ2) is 6.78. The number of anilines is 1. The van der Waals surface area contributed by atoms with E-state index < -0.39 is 0 Å². The number of benzene rings is 1. The average Bonchev–Trinajstić information content (AvgIpc) is 2.63. The van der Waals surface area contributed by atoms with Gasteiger partial charge in [-0.25, -0.2) is 9.97 Å². The molecule has 0 fully saturated rings. The number of aromatic nitrogens is 3. The normalized spacial score (nSPS) is 14.3. The van der Waals surface area contributed by atoms with E-state index in [0.717, 1.165) is 59.3 Å². The summed E-state index contributed by atoms with van der Waals surface area (Å²) in [5, 5.41) is 0.731. The zero-order valence-electron chi connectivity index (χ0n) is 13.7. The first-order valence-electron chi connectivity index (χ1n) is 8.22. The molecule has 5 nitrogen and oxygen atoms in total. The van der Waals surface area contributed by atoms with E-state index >= 15 is 0 Å². The zero-order chi connectivity index (χ0) is 17.2. The van der Waals surface area contributed by atoms with E-state index in [9.17, 15) is 0 Å². The predicted molar refractivity (Wildman–Crippen MR) is 98.9 cm³/mol. The van der Waals surface area contributed by atoms with Crippen molar-refractivity contribution in [1.29, 1.82) is 0 Å². The molecular weight excluding hydrogens is 334 g/mol. The number of fused-ring (bicyclic) bond motifs is 1. The minimum atomic E-state index is 0.351. The smallest absolute Gasteiger partial charge is 0.220 e. The van der Waals surface area contributed by atoms with Gasteiger partial charge in [0, 0.05) is 48.4 Å². The molecule has 0 radical (unpaired) electrons. The van der Waals surface area contributed by atoms with Crippen LogP contribution in [0, 0.1) is 0 Å². The number of hydrogen-bond donors (Lipinski definition) is 1. The van der Waals surface area contributed by atoms with Gasteiger partial charge in [-0.1, -0.05) is 29.8 Å². The van der Waals surface area contributed by atoms with Crippen LogP contribution < -0.4 is 5.73 Å². The molecule has 2 N–H and O–H groups in total. The van der Waals surface area contributed by atoms with Gasteiger partial charge in [-0.15, -0.1) is 0 Å². The molecule has 1 aromatic carbocycles. The van der Waals surface area contributed by atoms with E-state index in [2.05, 4.69) is 20.9 Å². The van der Waals surface area contributed by atoms with Crippen molar-refractivity contribution in [2.45, 2.75) is 19.5 Å². The van der Waals surface area contributed by atoms with E-state index in [0.29, 0.717) is 5.95 Å². The first-order valence-corrected chi connectivity index (χ1v) is 8.60. The highest BCUT2D eigenvalue weighted by Crippen LogP contribution is 2.22. The first kappa shape index (κ1) is 16.0. The van der Waals surface area contributed by atoms with Crippen LogP contribution in [0.3, 0.4) is 0 Å². The molecule has 0 saturated heterocycles. The number of nitrogen functional groups attached to an aromatic ring is 1. The van der Waals surface area contributed by atoms with E-state index in [1.807, 2.05) is 42.6 Å². The Morgan fingerprint density at radius 3 is 2.76 bits per heavy atom. The summed E-state index contributed by atoms with van der Waals surface area (Å²) < 4.78 is 0. The van der Waals surface area contributed by atoms with Crippen LogP contribution in [0.25, 0.3) is 11.3 Å². The summed E-state index contributed by atoms with van der Waals surface area (Å²) >= 11 is 5.97. The van der Waals surface area contributed by atoms with Crippen molar-refractivity contribution >= 4 is 17.5 Å². The van der Waals surface area contributed by atoms with Crippen LogP contribution >= 0.6 is 11.6 Å². The minimum Gasteiger partial charge on any atom is -0.368 e. The molecule has 4 rings (SSSR count). The van der Waals surface area contributed by atoms with Crippen molar-refractivity contribution in [3.8, 4) is 11.3 Å². The third-order valence-electron chi connectivity index (χ3n) is 4.36. The van der Waals surface area contributed by atoms with Gasteiger partial charge in [-0.2, -0.15) is 0 Å². The van der Waals surface area contributed by atoms with Crippen molar-refractivity contribution < 1.29 is 0 Å². The Hall–Kier alpha value is -2.50. The molecule has 0 saturated carbocycles. The Labute approximate surface area is 151 Å². The van der Waals surface area contributed by atoms with E-state index in [1.54, 1.807) is 0 Å². The third-order valence-corrected chi connectivity index (χ3v) is 4.62. The van der Waals surface area contributed by atoms with Gasteiger partial charge in [0.15, 0.2) is 0 Å². The maximum Gasteiger partial charge on any atom is 0.220 e. The summed E-state index contributed by atoms with van der Waals surface area (Å²) in [4.78, 5) is 15.6. The first-order chi connectivity index (χ1) is 12.2. The Kier molecular flexibility index (Phi) is 4.34. The fraction of sp³-hybridized carbons (Fsp3) is 0.211. The summed E-state index contributed by atoms with van der Waals surface area (Å²) in [5.41, 5.74) is 11.0. The number of halogens is 1. The minimum absolute atomic E-state index is 0.351. The Bertz CT molecular complexity index is 895. The molecule has 3 heterocycles. The summed E-state index contributed by atoms with van der Waals surface area (Å²) in [6.45, 7) is 2.56. The highest BCUT2D eigenvalue weighted by Gasteiger charge is 2.18. The molecule has 2 aromatic heterocycles. The predicted octanol–water partition coefficient (Wildman–Crippen LogP) is 3.33. The largest absolute Gasteiger partial charge is 0.368 e. The number of nitrogens with two attached hydrogens (primary N) is 1. The number of pyridine rings is 1. The fourth-order valence-corrected chi connectivity index (χ4v) is 3.23. The molecule has 0 amide bonds. The van der Waals surface area contributed by atoms with Gasteiger partial charge in [-0.3, -0.25) is 9.88 Å². The van der Waals surface area contributed by atoms with Crippen molar-refractivity contribution in [2.24, 2.45) is 0 Å². The molecule has 1 aliphatic heterocycles. The Morgan fingerprint density at radius 2 is 1.92 bits per heavy atom. The van der Waals surface area contributed by atoms with E-state index in [-0.39, 0.29) is 0 Å². The van der Waals surface area contributed by atoms with Crippen molar-refractivity contribution in [1.82, 2.24) is 19.9 Å². The lowest BCUT2D eigenvalue weighted by Crippen LogP contribution is -2.31. The van der Waals surface area contributed by atoms with Crippen LogP contribution in [0.4, 0.5) is 5.95 Å². The number of nitrogens with zero attached hydrogens (tertiary/aromatic N) is 4. The van der Waals surface area contributed by atoms with Gasteiger partial charge in [0.2, 0.25) is 5.95 Å². The molecular formula is C19H18ClN5. The molecule has 25 heavy (non-hydrogen) atoms. The quantitative estimate of drug-likeness (QED) is 0.783. The average molecular weight is 352 g/mol.